The van der Waals surface area contributed by atoms with Gasteiger partial charge in [-0.25, -0.2) is 0 Å². The highest BCUT2D eigenvalue weighted by atomic mass is 79.9. The summed E-state index contributed by atoms with van der Waals surface area (Å²) in [5.41, 5.74) is 0. The summed E-state index contributed by atoms with van der Waals surface area (Å²) in [5, 5.41) is 0. The first-order valence-electron chi connectivity index (χ1n) is 1.92. The second kappa shape index (κ2) is 2.60. The SMILES string of the molecule is [CH2]CCC(F)(F)Br. The molecule has 0 aliphatic rings. The quantitative estimate of drug-likeness (QED) is 0.561. The predicted octanol–water partition coefficient (Wildman–Crippen LogP) is 2.59. The Morgan fingerprint density at radius 1 is 1.57 bits per heavy atom. The molecule has 0 N–H and O–H groups in total. The summed E-state index contributed by atoms with van der Waals surface area (Å²) in [7, 11) is 0. The van der Waals surface area contributed by atoms with Gasteiger partial charge in [0.1, 0.15) is 0 Å². The second-order valence-electron chi connectivity index (χ2n) is 1.22. The van der Waals surface area contributed by atoms with E-state index in [1.807, 2.05) is 0 Å². The molecule has 1 radical (unpaired) electrons. The van der Waals surface area contributed by atoms with Gasteiger partial charge in [0, 0.05) is 6.42 Å². The van der Waals surface area contributed by atoms with Crippen LogP contribution in [0.25, 0.3) is 0 Å². The maximum absolute atomic E-state index is 11.6. The lowest BCUT2D eigenvalue weighted by molar-refractivity contribution is 0.105. The van der Waals surface area contributed by atoms with Crippen molar-refractivity contribution in [2.24, 2.45) is 0 Å². The van der Waals surface area contributed by atoms with Crippen LogP contribution in [0.3, 0.4) is 0 Å². The van der Waals surface area contributed by atoms with E-state index in [9.17, 15) is 8.78 Å². The van der Waals surface area contributed by atoms with Crippen LogP contribution in [0.15, 0.2) is 0 Å². The van der Waals surface area contributed by atoms with Gasteiger partial charge < -0.3 is 0 Å². The average Bonchev–Trinajstić information content (AvgIpc) is 1.30. The van der Waals surface area contributed by atoms with Crippen molar-refractivity contribution in [1.82, 2.24) is 0 Å². The molecule has 0 aliphatic heterocycles. The van der Waals surface area contributed by atoms with Crippen LogP contribution in [-0.4, -0.2) is 4.83 Å². The number of rotatable bonds is 2. The van der Waals surface area contributed by atoms with E-state index < -0.39 is 4.83 Å². The van der Waals surface area contributed by atoms with Crippen LogP contribution in [0.5, 0.6) is 0 Å². The molecule has 0 nitrogen and oxygen atoms in total. The van der Waals surface area contributed by atoms with Crippen molar-refractivity contribution < 1.29 is 8.78 Å². The molecule has 0 aromatic rings. The van der Waals surface area contributed by atoms with Crippen LogP contribution in [-0.2, 0) is 0 Å². The third kappa shape index (κ3) is 6.34. The van der Waals surface area contributed by atoms with Crippen LogP contribution in [0.2, 0.25) is 0 Å². The van der Waals surface area contributed by atoms with Gasteiger partial charge >= 0.3 is 4.83 Å². The van der Waals surface area contributed by atoms with Crippen molar-refractivity contribution in [1.29, 1.82) is 0 Å². The molecule has 0 aromatic heterocycles. The van der Waals surface area contributed by atoms with Crippen molar-refractivity contribution in [3.63, 3.8) is 0 Å². The highest BCUT2D eigenvalue weighted by molar-refractivity contribution is 9.09. The normalized spacial score (nSPS) is 12.0. The first kappa shape index (κ1) is 7.34. The Balaban J connectivity index is 3.15. The standard InChI is InChI=1S/C4H6BrF2/c1-2-3-4(5,6)7/h1-3H2. The van der Waals surface area contributed by atoms with Crippen LogP contribution in [0.1, 0.15) is 12.8 Å². The largest absolute Gasteiger partial charge is 0.301 e. The minimum atomic E-state index is -2.70. The molecular weight excluding hydrogens is 166 g/mol. The molecule has 43 valence electrons. The van der Waals surface area contributed by atoms with E-state index in [1.54, 1.807) is 0 Å². The summed E-state index contributed by atoms with van der Waals surface area (Å²) >= 11 is 2.17. The topological polar surface area (TPSA) is 0 Å². The molecule has 0 unspecified atom stereocenters. The molecule has 0 bridgehead atoms. The lowest BCUT2D eigenvalue weighted by Gasteiger charge is -2.02. The monoisotopic (exact) mass is 171 g/mol. The van der Waals surface area contributed by atoms with Crippen molar-refractivity contribution in [3.05, 3.63) is 6.92 Å². The van der Waals surface area contributed by atoms with E-state index in [0.29, 0.717) is 0 Å². The summed E-state index contributed by atoms with van der Waals surface area (Å²) in [6, 6.07) is 0. The van der Waals surface area contributed by atoms with Gasteiger partial charge in [-0.2, -0.15) is 8.78 Å². The Labute approximate surface area is 50.0 Å². The summed E-state index contributed by atoms with van der Waals surface area (Å²) < 4.78 is 23.2. The molecule has 0 heterocycles. The molecule has 0 amide bonds. The van der Waals surface area contributed by atoms with Crippen molar-refractivity contribution in [3.8, 4) is 0 Å². The average molecular weight is 172 g/mol. The minimum absolute atomic E-state index is 0.188. The fraction of sp³-hybridized carbons (Fsp3) is 0.750. The Bertz CT molecular complexity index is 48.1. The Morgan fingerprint density at radius 2 is 2.00 bits per heavy atom. The molecule has 0 aromatic carbocycles. The smallest absolute Gasteiger partial charge is 0.194 e. The number of hydrogen-bond donors (Lipinski definition) is 0. The lowest BCUT2D eigenvalue weighted by atomic mass is 10.4. The van der Waals surface area contributed by atoms with Crippen LogP contribution >= 0.6 is 15.9 Å². The maximum atomic E-state index is 11.6. The summed E-state index contributed by atoms with van der Waals surface area (Å²) in [5.74, 6) is 0. The Hall–Kier alpha value is 0.340. The first-order chi connectivity index (χ1) is 3.06. The van der Waals surface area contributed by atoms with Gasteiger partial charge in [-0.3, -0.25) is 0 Å². The molecule has 0 fully saturated rings. The van der Waals surface area contributed by atoms with Gasteiger partial charge in [-0.05, 0) is 22.4 Å². The zero-order valence-corrected chi connectivity index (χ0v) is 5.34. The third-order valence-electron chi connectivity index (χ3n) is 0.460. The molecule has 0 spiro atoms. The predicted molar refractivity (Wildman–Crippen MR) is 28.5 cm³/mol. The molecule has 3 heteroatoms. The van der Waals surface area contributed by atoms with Crippen molar-refractivity contribution in [2.75, 3.05) is 0 Å². The third-order valence-corrected chi connectivity index (χ3v) is 0.857. The highest BCUT2D eigenvalue weighted by Gasteiger charge is 2.20. The molecule has 0 aliphatic carbocycles. The minimum Gasteiger partial charge on any atom is -0.194 e. The zero-order valence-electron chi connectivity index (χ0n) is 3.76. The van der Waals surface area contributed by atoms with E-state index in [1.165, 1.54) is 0 Å². The molecule has 0 atom stereocenters. The molecule has 0 saturated heterocycles. The van der Waals surface area contributed by atoms with Gasteiger partial charge in [0.2, 0.25) is 0 Å². The van der Waals surface area contributed by atoms with Gasteiger partial charge in [-0.1, -0.05) is 6.92 Å². The Kier molecular flexibility index (Phi) is 2.73. The fourth-order valence-electron chi connectivity index (χ4n) is 0.200. The van der Waals surface area contributed by atoms with Gasteiger partial charge in [0.05, 0.1) is 0 Å². The van der Waals surface area contributed by atoms with Gasteiger partial charge in [0.25, 0.3) is 0 Å². The van der Waals surface area contributed by atoms with Crippen molar-refractivity contribution >= 4 is 15.9 Å². The number of alkyl halides is 3. The van der Waals surface area contributed by atoms with E-state index in [4.69, 9.17) is 0 Å². The lowest BCUT2D eigenvalue weighted by Crippen LogP contribution is -2.01. The van der Waals surface area contributed by atoms with Crippen LogP contribution < -0.4 is 0 Å². The van der Waals surface area contributed by atoms with Crippen LogP contribution in [0, 0.1) is 6.92 Å². The first-order valence-corrected chi connectivity index (χ1v) is 2.71. The molecular formula is C4H6BrF2. The summed E-state index contributed by atoms with van der Waals surface area (Å²) in [6.07, 6.45) is 0.0747. The van der Waals surface area contributed by atoms with E-state index in [-0.39, 0.29) is 12.8 Å². The number of halogens is 3. The van der Waals surface area contributed by atoms with E-state index in [2.05, 4.69) is 22.9 Å². The fourth-order valence-corrected chi connectivity index (χ4v) is 0.481. The summed E-state index contributed by atoms with van der Waals surface area (Å²) in [4.78, 5) is -2.70. The molecule has 0 rings (SSSR count). The van der Waals surface area contributed by atoms with E-state index >= 15 is 0 Å². The van der Waals surface area contributed by atoms with Crippen molar-refractivity contribution in [2.45, 2.75) is 17.7 Å². The number of hydrogen-bond acceptors (Lipinski definition) is 0. The van der Waals surface area contributed by atoms with Crippen LogP contribution in [0.4, 0.5) is 8.78 Å². The van der Waals surface area contributed by atoms with Gasteiger partial charge in [0.15, 0.2) is 0 Å². The molecule has 7 heavy (non-hydrogen) atoms. The zero-order chi connectivity index (χ0) is 5.91. The molecule has 0 saturated carbocycles. The summed E-state index contributed by atoms with van der Waals surface area (Å²) in [6.45, 7) is 3.26. The second-order valence-corrected chi connectivity index (χ2v) is 2.38. The van der Waals surface area contributed by atoms with E-state index in [0.717, 1.165) is 0 Å². The highest BCUT2D eigenvalue weighted by Crippen LogP contribution is 2.26. The Morgan fingerprint density at radius 3 is 2.00 bits per heavy atom. The van der Waals surface area contributed by atoms with Gasteiger partial charge in [-0.15, -0.1) is 0 Å². The maximum Gasteiger partial charge on any atom is 0.301 e.